The smallest absolute Gasteiger partial charge is 0.244 e. The van der Waals surface area contributed by atoms with E-state index >= 15 is 0 Å². The molecule has 2 atom stereocenters. The summed E-state index contributed by atoms with van der Waals surface area (Å²) in [5.41, 5.74) is 3.68. The van der Waals surface area contributed by atoms with Crippen molar-refractivity contribution in [3.05, 3.63) is 158 Å². The molecule has 0 fully saturated rings. The van der Waals surface area contributed by atoms with Crippen LogP contribution in [0.25, 0.3) is 0 Å². The highest BCUT2D eigenvalue weighted by molar-refractivity contribution is 6.35. The first kappa shape index (κ1) is 30.4. The van der Waals surface area contributed by atoms with E-state index in [9.17, 15) is 4.39 Å². The van der Waals surface area contributed by atoms with Crippen molar-refractivity contribution in [1.82, 2.24) is 4.57 Å². The molecule has 2 unspecified atom stereocenters. The van der Waals surface area contributed by atoms with Crippen molar-refractivity contribution in [2.75, 3.05) is 0 Å². The van der Waals surface area contributed by atoms with Gasteiger partial charge in [-0.3, -0.25) is 0 Å². The van der Waals surface area contributed by atoms with E-state index in [1.54, 1.807) is 24.3 Å². The lowest BCUT2D eigenvalue weighted by molar-refractivity contribution is -0.705. The molecule has 0 saturated carbocycles. The molecule has 1 heterocycles. The van der Waals surface area contributed by atoms with Crippen LogP contribution in [0.2, 0.25) is 20.1 Å². The Morgan fingerprint density at radius 2 is 1.43 bits per heavy atom. The summed E-state index contributed by atoms with van der Waals surface area (Å²) in [6.45, 7) is 0.744. The molecule has 5 aromatic rings. The van der Waals surface area contributed by atoms with Crippen LogP contribution in [-0.2, 0) is 17.9 Å². The summed E-state index contributed by atoms with van der Waals surface area (Å²) < 4.78 is 24.2. The van der Waals surface area contributed by atoms with Crippen molar-refractivity contribution in [2.24, 2.45) is 0 Å². The number of nitrogens with zero attached hydrogens (tertiary/aromatic N) is 2. The fraction of sp³-hybridized carbons (Fsp3) is 0.129. The minimum absolute atomic E-state index is 0. The Balaban J connectivity index is 0.00000370. The summed E-state index contributed by atoms with van der Waals surface area (Å²) in [6.07, 6.45) is 5.59. The van der Waals surface area contributed by atoms with Crippen molar-refractivity contribution in [1.29, 1.82) is 0 Å². The van der Waals surface area contributed by atoms with Gasteiger partial charge in [0.2, 0.25) is 6.33 Å². The zero-order chi connectivity index (χ0) is 27.4. The average Bonchev–Trinajstić information content (AvgIpc) is 3.37. The first-order valence-electron chi connectivity index (χ1n) is 12.2. The van der Waals surface area contributed by atoms with E-state index < -0.39 is 6.10 Å². The Hall–Kier alpha value is -2.57. The third kappa shape index (κ3) is 7.38. The number of aromatic nitrogens is 2. The van der Waals surface area contributed by atoms with Crippen molar-refractivity contribution in [2.45, 2.75) is 25.3 Å². The normalized spacial score (nSPS) is 12.5. The first-order valence-corrected chi connectivity index (χ1v) is 13.8. The van der Waals surface area contributed by atoms with Crippen LogP contribution in [0.15, 0.2) is 110 Å². The molecule has 0 radical (unpaired) electrons. The maximum Gasteiger partial charge on any atom is 0.244 e. The molecule has 0 aliphatic carbocycles. The second-order valence-electron chi connectivity index (χ2n) is 9.12. The Bertz CT molecular complexity index is 1560. The van der Waals surface area contributed by atoms with Crippen LogP contribution < -0.4 is 17.0 Å². The number of ether oxygens (including phenoxy) is 1. The van der Waals surface area contributed by atoms with E-state index in [1.807, 2.05) is 65.8 Å². The second-order valence-corrected chi connectivity index (χ2v) is 10.8. The zero-order valence-corrected chi connectivity index (χ0v) is 24.8. The monoisotopic (exact) mass is 634 g/mol. The van der Waals surface area contributed by atoms with E-state index in [4.69, 9.17) is 51.1 Å². The molecule has 1 aromatic heterocycles. The van der Waals surface area contributed by atoms with Crippen LogP contribution in [0.3, 0.4) is 0 Å². The van der Waals surface area contributed by atoms with Crippen LogP contribution in [0.1, 0.15) is 34.4 Å². The van der Waals surface area contributed by atoms with E-state index in [0.717, 1.165) is 22.3 Å². The van der Waals surface area contributed by atoms with Gasteiger partial charge in [0.05, 0.1) is 6.61 Å². The van der Waals surface area contributed by atoms with E-state index in [2.05, 4.69) is 16.7 Å². The topological polar surface area (TPSA) is 18.0 Å². The van der Waals surface area contributed by atoms with Gasteiger partial charge in [-0.05, 0) is 42.0 Å². The molecular weight excluding hydrogens is 613 g/mol. The lowest BCUT2D eigenvalue weighted by atomic mass is 9.98. The van der Waals surface area contributed by atoms with Crippen LogP contribution >= 0.6 is 46.4 Å². The van der Waals surface area contributed by atoms with Gasteiger partial charge in [-0.1, -0.05) is 101 Å². The van der Waals surface area contributed by atoms with Gasteiger partial charge in [-0.15, -0.1) is 0 Å². The summed E-state index contributed by atoms with van der Waals surface area (Å²) >= 11 is 25.2. The Morgan fingerprint density at radius 3 is 2.10 bits per heavy atom. The first-order chi connectivity index (χ1) is 18.9. The van der Waals surface area contributed by atoms with Crippen molar-refractivity contribution in [3.8, 4) is 0 Å². The SMILES string of the molecule is Fc1ccc(C(c2ccccc2)n2cc[n+](CC(OCc3ccc(Cl)cc3Cl)c3ccc(Cl)cc3Cl)c2)cc1.[Cl-]. The molecule has 4 aromatic carbocycles. The van der Waals surface area contributed by atoms with Crippen LogP contribution in [0, 0.1) is 5.82 Å². The molecule has 0 aliphatic heterocycles. The van der Waals surface area contributed by atoms with Crippen LogP contribution in [0.5, 0.6) is 0 Å². The molecule has 0 N–H and O–H groups in total. The predicted octanol–water partition coefficient (Wildman–Crippen LogP) is 6.13. The molecule has 40 heavy (non-hydrogen) atoms. The molecule has 5 rings (SSSR count). The molecule has 3 nitrogen and oxygen atoms in total. The summed E-state index contributed by atoms with van der Waals surface area (Å²) in [7, 11) is 0. The Kier molecular flexibility index (Phi) is 10.5. The molecule has 0 bridgehead atoms. The highest BCUT2D eigenvalue weighted by Crippen LogP contribution is 2.31. The number of halogens is 6. The Labute approximate surface area is 259 Å². The third-order valence-electron chi connectivity index (χ3n) is 6.45. The number of imidazole rings is 1. The lowest BCUT2D eigenvalue weighted by Gasteiger charge is -2.19. The molecule has 0 saturated heterocycles. The summed E-state index contributed by atoms with van der Waals surface area (Å²) in [5, 5.41) is 2.16. The maximum atomic E-state index is 13.7. The third-order valence-corrected chi connectivity index (χ3v) is 7.60. The van der Waals surface area contributed by atoms with Gasteiger partial charge in [0.25, 0.3) is 0 Å². The molecule has 0 spiro atoms. The number of benzene rings is 4. The molecule has 206 valence electrons. The van der Waals surface area contributed by atoms with Gasteiger partial charge < -0.3 is 17.1 Å². The fourth-order valence-electron chi connectivity index (χ4n) is 4.51. The van der Waals surface area contributed by atoms with Gasteiger partial charge in [0.15, 0.2) is 6.04 Å². The highest BCUT2D eigenvalue weighted by Gasteiger charge is 2.24. The molecule has 9 heteroatoms. The molecule has 0 aliphatic rings. The molecular formula is C31H24Cl5FN2O. The van der Waals surface area contributed by atoms with Crippen molar-refractivity contribution >= 4 is 46.4 Å². The van der Waals surface area contributed by atoms with Crippen molar-refractivity contribution in [3.63, 3.8) is 0 Å². The summed E-state index contributed by atoms with van der Waals surface area (Å²) in [5.74, 6) is -0.270. The van der Waals surface area contributed by atoms with Gasteiger partial charge >= 0.3 is 0 Å². The number of hydrogen-bond acceptors (Lipinski definition) is 1. The molecule has 0 amide bonds. The summed E-state index contributed by atoms with van der Waals surface area (Å²) in [4.78, 5) is 0. The maximum absolute atomic E-state index is 13.7. The van der Waals surface area contributed by atoms with Gasteiger partial charge in [-0.2, -0.15) is 0 Å². The van der Waals surface area contributed by atoms with Gasteiger partial charge in [0.1, 0.15) is 30.9 Å². The Morgan fingerprint density at radius 1 is 0.775 bits per heavy atom. The number of hydrogen-bond donors (Lipinski definition) is 0. The average molecular weight is 637 g/mol. The van der Waals surface area contributed by atoms with E-state index in [0.29, 0.717) is 26.6 Å². The standard InChI is InChI=1S/C31H24Cl4FN2O.ClH/c32-24-9-6-23(28(34)16-24)19-39-30(27-13-10-25(33)17-29(27)35)18-37-14-15-38(20-37)31(21-4-2-1-3-5-21)22-7-11-26(36)12-8-22;/h1-17,20,30-31H,18-19H2;1H/q+1;/p-1. The fourth-order valence-corrected chi connectivity index (χ4v) is 5.51. The second kappa shape index (κ2) is 13.9. The lowest BCUT2D eigenvalue weighted by Crippen LogP contribution is -3.00. The van der Waals surface area contributed by atoms with Crippen LogP contribution in [0.4, 0.5) is 4.39 Å². The van der Waals surface area contributed by atoms with Crippen molar-refractivity contribution < 1.29 is 26.1 Å². The summed E-state index contributed by atoms with van der Waals surface area (Å²) in [6, 6.07) is 27.3. The quantitative estimate of drug-likeness (QED) is 0.178. The van der Waals surface area contributed by atoms with E-state index in [-0.39, 0.29) is 30.9 Å². The number of rotatable bonds is 9. The highest BCUT2D eigenvalue weighted by atomic mass is 35.5. The van der Waals surface area contributed by atoms with E-state index in [1.165, 1.54) is 12.1 Å². The minimum Gasteiger partial charge on any atom is -1.00 e. The minimum atomic E-state index is -0.400. The van der Waals surface area contributed by atoms with Gasteiger partial charge in [-0.25, -0.2) is 13.5 Å². The predicted molar refractivity (Wildman–Crippen MR) is 155 cm³/mol. The van der Waals surface area contributed by atoms with Gasteiger partial charge in [0, 0.05) is 36.8 Å². The zero-order valence-electron chi connectivity index (χ0n) is 21.0. The largest absolute Gasteiger partial charge is 1.00 e. The van der Waals surface area contributed by atoms with Crippen LogP contribution in [-0.4, -0.2) is 4.57 Å².